The van der Waals surface area contributed by atoms with E-state index in [1.165, 1.54) is 0 Å². The van der Waals surface area contributed by atoms with E-state index < -0.39 is 23.3 Å². The van der Waals surface area contributed by atoms with E-state index in [1.807, 2.05) is 0 Å². The van der Waals surface area contributed by atoms with Crippen LogP contribution in [-0.4, -0.2) is 30.4 Å². The average Bonchev–Trinajstić information content (AvgIpc) is 3.44. The second-order valence-electron chi connectivity index (χ2n) is 11.5. The summed E-state index contributed by atoms with van der Waals surface area (Å²) in [6.45, 7) is 13.0. The minimum Gasteiger partial charge on any atom is -0.461 e. The van der Waals surface area contributed by atoms with Crippen molar-refractivity contribution in [3.8, 4) is 0 Å². The van der Waals surface area contributed by atoms with Crippen LogP contribution in [-0.2, 0) is 23.9 Å². The molecule has 0 bridgehead atoms. The highest BCUT2D eigenvalue weighted by atomic mass is 16.6. The SMILES string of the molecule is CC(C)[C@@H]1CC[C@@H](C)C[C@H]1OC(=O)C1(C(=O)O[C@@H]2C[C@H](C)CC[C@H]2C(C)C)C[C@@H]1C=O. The van der Waals surface area contributed by atoms with Gasteiger partial charge in [-0.2, -0.15) is 0 Å². The molecule has 0 amide bonds. The van der Waals surface area contributed by atoms with Crippen molar-refractivity contribution >= 4 is 18.2 Å². The molecule has 176 valence electrons. The molecule has 0 saturated heterocycles. The molecule has 7 atom stereocenters. The fourth-order valence-electron chi connectivity index (χ4n) is 5.99. The fourth-order valence-corrected chi connectivity index (χ4v) is 5.99. The number of ether oxygens (including phenoxy) is 2. The molecular formula is C26H42O5. The predicted molar refractivity (Wildman–Crippen MR) is 119 cm³/mol. The van der Waals surface area contributed by atoms with Gasteiger partial charge in [0.1, 0.15) is 18.5 Å². The normalized spacial score (nSPS) is 37.4. The molecule has 0 N–H and O–H groups in total. The van der Waals surface area contributed by atoms with Crippen LogP contribution in [0.5, 0.6) is 0 Å². The van der Waals surface area contributed by atoms with E-state index in [9.17, 15) is 14.4 Å². The van der Waals surface area contributed by atoms with Gasteiger partial charge < -0.3 is 14.3 Å². The van der Waals surface area contributed by atoms with Gasteiger partial charge in [0.15, 0.2) is 5.41 Å². The highest BCUT2D eigenvalue weighted by Gasteiger charge is 2.69. The molecule has 0 aromatic carbocycles. The number of aldehydes is 1. The van der Waals surface area contributed by atoms with Crippen molar-refractivity contribution in [2.24, 2.45) is 46.8 Å². The molecule has 0 spiro atoms. The Hall–Kier alpha value is -1.39. The second kappa shape index (κ2) is 9.62. The summed E-state index contributed by atoms with van der Waals surface area (Å²) in [5, 5.41) is 0. The van der Waals surface area contributed by atoms with E-state index in [0.29, 0.717) is 35.5 Å². The molecule has 0 aliphatic heterocycles. The molecule has 3 aliphatic rings. The third-order valence-electron chi connectivity index (χ3n) is 8.35. The van der Waals surface area contributed by atoms with Crippen LogP contribution in [0.2, 0.25) is 0 Å². The summed E-state index contributed by atoms with van der Waals surface area (Å²) in [5.41, 5.74) is -1.42. The Morgan fingerprint density at radius 1 is 0.806 bits per heavy atom. The maximum Gasteiger partial charge on any atom is 0.324 e. The summed E-state index contributed by atoms with van der Waals surface area (Å²) in [6, 6.07) is 0. The first-order chi connectivity index (χ1) is 14.6. The summed E-state index contributed by atoms with van der Waals surface area (Å²) >= 11 is 0. The van der Waals surface area contributed by atoms with Crippen LogP contribution in [0.15, 0.2) is 0 Å². The third-order valence-corrected chi connectivity index (χ3v) is 8.35. The molecule has 0 aromatic rings. The number of carbonyl (C=O) groups is 3. The predicted octanol–water partition coefficient (Wildman–Crippen LogP) is 5.20. The first-order valence-electron chi connectivity index (χ1n) is 12.5. The van der Waals surface area contributed by atoms with Crippen LogP contribution in [0.4, 0.5) is 0 Å². The number of hydrogen-bond donors (Lipinski definition) is 0. The topological polar surface area (TPSA) is 69.7 Å². The molecule has 5 heteroatoms. The van der Waals surface area contributed by atoms with Crippen molar-refractivity contribution in [1.29, 1.82) is 0 Å². The second-order valence-corrected chi connectivity index (χ2v) is 11.5. The van der Waals surface area contributed by atoms with E-state index >= 15 is 0 Å². The maximum absolute atomic E-state index is 13.3. The summed E-state index contributed by atoms with van der Waals surface area (Å²) in [5.74, 6) is 0.699. The molecule has 0 aromatic heterocycles. The van der Waals surface area contributed by atoms with E-state index in [4.69, 9.17) is 9.47 Å². The van der Waals surface area contributed by atoms with Crippen molar-refractivity contribution in [3.63, 3.8) is 0 Å². The molecule has 5 nitrogen and oxygen atoms in total. The quantitative estimate of drug-likeness (QED) is 0.313. The molecule has 3 saturated carbocycles. The van der Waals surface area contributed by atoms with Crippen molar-refractivity contribution in [2.75, 3.05) is 0 Å². The molecule has 0 unspecified atom stereocenters. The molecule has 3 rings (SSSR count). The highest BCUT2D eigenvalue weighted by Crippen LogP contribution is 2.55. The Kier molecular flexibility index (Phi) is 7.53. The van der Waals surface area contributed by atoms with Crippen molar-refractivity contribution in [2.45, 2.75) is 98.7 Å². The van der Waals surface area contributed by atoms with Gasteiger partial charge in [-0.25, -0.2) is 0 Å². The molecule has 3 fully saturated rings. The van der Waals surface area contributed by atoms with Crippen molar-refractivity contribution in [1.82, 2.24) is 0 Å². The van der Waals surface area contributed by atoms with Crippen LogP contribution in [0.1, 0.15) is 86.5 Å². The van der Waals surface area contributed by atoms with Crippen LogP contribution in [0.3, 0.4) is 0 Å². The van der Waals surface area contributed by atoms with Crippen LogP contribution in [0, 0.1) is 46.8 Å². The largest absolute Gasteiger partial charge is 0.461 e. The average molecular weight is 435 g/mol. The van der Waals surface area contributed by atoms with Gasteiger partial charge in [0.2, 0.25) is 0 Å². The zero-order valence-corrected chi connectivity index (χ0v) is 20.3. The maximum atomic E-state index is 13.3. The first kappa shape index (κ1) is 24.3. The zero-order valence-electron chi connectivity index (χ0n) is 20.3. The minimum absolute atomic E-state index is 0.188. The Labute approximate surface area is 188 Å². The van der Waals surface area contributed by atoms with Gasteiger partial charge in [-0.15, -0.1) is 0 Å². The first-order valence-corrected chi connectivity index (χ1v) is 12.5. The zero-order chi connectivity index (χ0) is 22.9. The van der Waals surface area contributed by atoms with E-state index in [2.05, 4.69) is 41.5 Å². The number of rotatable bonds is 7. The van der Waals surface area contributed by atoms with Gasteiger partial charge in [0.05, 0.1) is 0 Å². The van der Waals surface area contributed by atoms with Gasteiger partial charge >= 0.3 is 11.9 Å². The van der Waals surface area contributed by atoms with Gasteiger partial charge in [0.25, 0.3) is 0 Å². The lowest BCUT2D eigenvalue weighted by Gasteiger charge is -2.38. The van der Waals surface area contributed by atoms with E-state index in [-0.39, 0.29) is 18.6 Å². The lowest BCUT2D eigenvalue weighted by molar-refractivity contribution is -0.179. The van der Waals surface area contributed by atoms with Crippen LogP contribution in [0.25, 0.3) is 0 Å². The molecular weight excluding hydrogens is 392 g/mol. The van der Waals surface area contributed by atoms with Crippen molar-refractivity contribution < 1.29 is 23.9 Å². The van der Waals surface area contributed by atoms with Gasteiger partial charge in [0, 0.05) is 5.92 Å². The third kappa shape index (κ3) is 5.01. The van der Waals surface area contributed by atoms with Gasteiger partial charge in [-0.1, -0.05) is 54.4 Å². The molecule has 0 heterocycles. The molecule has 3 aliphatic carbocycles. The van der Waals surface area contributed by atoms with E-state index in [1.54, 1.807) is 0 Å². The van der Waals surface area contributed by atoms with Crippen molar-refractivity contribution in [3.05, 3.63) is 0 Å². The highest BCUT2D eigenvalue weighted by molar-refractivity contribution is 6.07. The lowest BCUT2D eigenvalue weighted by Crippen LogP contribution is -2.43. The summed E-state index contributed by atoms with van der Waals surface area (Å²) in [6.07, 6.45) is 6.55. The lowest BCUT2D eigenvalue weighted by atomic mass is 9.75. The summed E-state index contributed by atoms with van der Waals surface area (Å²) < 4.78 is 12.0. The number of carbonyl (C=O) groups excluding carboxylic acids is 3. The summed E-state index contributed by atoms with van der Waals surface area (Å²) in [4.78, 5) is 38.3. The molecule has 0 radical (unpaired) electrons. The minimum atomic E-state index is -1.42. The number of hydrogen-bond acceptors (Lipinski definition) is 5. The molecule has 31 heavy (non-hydrogen) atoms. The van der Waals surface area contributed by atoms with Gasteiger partial charge in [-0.05, 0) is 67.6 Å². The Morgan fingerprint density at radius 3 is 1.55 bits per heavy atom. The van der Waals surface area contributed by atoms with E-state index in [0.717, 1.165) is 44.8 Å². The van der Waals surface area contributed by atoms with Gasteiger partial charge in [-0.3, -0.25) is 9.59 Å². The van der Waals surface area contributed by atoms with Crippen LogP contribution < -0.4 is 0 Å². The Balaban J connectivity index is 1.74. The van der Waals surface area contributed by atoms with Crippen LogP contribution >= 0.6 is 0 Å². The number of esters is 2. The monoisotopic (exact) mass is 434 g/mol. The Bertz CT molecular complexity index is 623. The smallest absolute Gasteiger partial charge is 0.324 e. The fraction of sp³-hybridized carbons (Fsp3) is 0.885. The Morgan fingerprint density at radius 2 is 1.23 bits per heavy atom. The summed E-state index contributed by atoms with van der Waals surface area (Å²) in [7, 11) is 0. The standard InChI is InChI=1S/C26H42O5/c1-15(2)20-9-7-17(5)11-22(20)30-24(28)26(13-19(26)14-27)25(29)31-23-12-18(6)8-10-21(23)16(3)4/h14-23H,7-13H2,1-6H3/t17-,18-,19-,20+,21+,22-,23-/m1/s1.